The van der Waals surface area contributed by atoms with Crippen molar-refractivity contribution in [3.63, 3.8) is 0 Å². The molecule has 3 aromatic rings. The van der Waals surface area contributed by atoms with Crippen molar-refractivity contribution in [1.82, 2.24) is 9.97 Å². The van der Waals surface area contributed by atoms with Crippen LogP contribution in [0.3, 0.4) is 0 Å². The lowest BCUT2D eigenvalue weighted by Crippen LogP contribution is -1.99. The zero-order valence-electron chi connectivity index (χ0n) is 15.2. The van der Waals surface area contributed by atoms with Crippen molar-refractivity contribution in [2.24, 2.45) is 4.99 Å². The van der Waals surface area contributed by atoms with Crippen LogP contribution in [-0.4, -0.2) is 21.1 Å². The number of aliphatic imine (C=N–C) groups is 1. The molecule has 0 saturated carbocycles. The van der Waals surface area contributed by atoms with E-state index in [1.165, 1.54) is 10.9 Å². The molecule has 0 atom stereocenters. The molecule has 0 amide bonds. The van der Waals surface area contributed by atoms with E-state index in [0.29, 0.717) is 26.2 Å². The van der Waals surface area contributed by atoms with Crippen LogP contribution in [0.1, 0.15) is 34.4 Å². The standard InChI is InChI=1S/C20H15N5O2S2/c21-11-15-14-4-1-2-5-17(14)28-19(15)24-12-13-6-7-18(16(10-13)25(26)27)29-20-22-8-3-9-23-20/h3,6-10,12H,1-2,4-5H2. The molecule has 0 N–H and O–H groups in total. The quantitative estimate of drug-likeness (QED) is 0.246. The molecule has 0 aliphatic heterocycles. The summed E-state index contributed by atoms with van der Waals surface area (Å²) in [5.41, 5.74) is 2.34. The van der Waals surface area contributed by atoms with E-state index in [1.54, 1.807) is 48.1 Å². The Balaban J connectivity index is 1.63. The molecule has 0 unspecified atom stereocenters. The van der Waals surface area contributed by atoms with Crippen LogP contribution in [0.2, 0.25) is 0 Å². The lowest BCUT2D eigenvalue weighted by atomic mass is 9.96. The van der Waals surface area contributed by atoms with Crippen molar-refractivity contribution in [3.05, 3.63) is 68.3 Å². The van der Waals surface area contributed by atoms with Crippen molar-refractivity contribution in [3.8, 4) is 6.07 Å². The zero-order valence-corrected chi connectivity index (χ0v) is 16.9. The molecular weight excluding hydrogens is 406 g/mol. The fourth-order valence-corrected chi connectivity index (χ4v) is 5.15. The molecule has 7 nitrogen and oxygen atoms in total. The second kappa shape index (κ2) is 8.51. The second-order valence-corrected chi connectivity index (χ2v) is 8.47. The summed E-state index contributed by atoms with van der Waals surface area (Å²) in [5, 5.41) is 22.2. The first-order valence-corrected chi connectivity index (χ1v) is 10.6. The van der Waals surface area contributed by atoms with E-state index >= 15 is 0 Å². The van der Waals surface area contributed by atoms with Crippen molar-refractivity contribution >= 4 is 40.0 Å². The Hall–Kier alpha value is -3.09. The number of aryl methyl sites for hydroxylation is 1. The highest BCUT2D eigenvalue weighted by atomic mass is 32.2. The first kappa shape index (κ1) is 19.2. The molecule has 0 bridgehead atoms. The summed E-state index contributed by atoms with van der Waals surface area (Å²) in [4.78, 5) is 25.5. The lowest BCUT2D eigenvalue weighted by molar-refractivity contribution is -0.387. The molecule has 4 rings (SSSR count). The summed E-state index contributed by atoms with van der Waals surface area (Å²) in [5.74, 6) is 0. The van der Waals surface area contributed by atoms with Crippen LogP contribution in [0, 0.1) is 21.4 Å². The minimum absolute atomic E-state index is 0.0302. The largest absolute Gasteiger partial charge is 0.283 e. The molecule has 0 radical (unpaired) electrons. The number of hydrogen-bond acceptors (Lipinski definition) is 8. The smallest absolute Gasteiger partial charge is 0.258 e. The normalized spacial score (nSPS) is 13.2. The van der Waals surface area contributed by atoms with Crippen LogP contribution in [0.4, 0.5) is 10.7 Å². The molecule has 144 valence electrons. The van der Waals surface area contributed by atoms with Crippen LogP contribution in [0.15, 0.2) is 51.7 Å². The highest BCUT2D eigenvalue weighted by Crippen LogP contribution is 2.39. The number of thiophene rings is 1. The van der Waals surface area contributed by atoms with Gasteiger partial charge in [0.25, 0.3) is 5.69 Å². The Labute approximate surface area is 175 Å². The minimum atomic E-state index is -0.423. The molecule has 0 spiro atoms. The number of fused-ring (bicyclic) bond motifs is 1. The van der Waals surface area contributed by atoms with Crippen LogP contribution >= 0.6 is 23.1 Å². The van der Waals surface area contributed by atoms with Gasteiger partial charge in [-0.2, -0.15) is 5.26 Å². The van der Waals surface area contributed by atoms with Gasteiger partial charge in [-0.3, -0.25) is 10.1 Å². The van der Waals surface area contributed by atoms with Crippen LogP contribution in [0.25, 0.3) is 0 Å². The lowest BCUT2D eigenvalue weighted by Gasteiger charge is -2.09. The third-order valence-electron chi connectivity index (χ3n) is 4.52. The van der Waals surface area contributed by atoms with E-state index < -0.39 is 4.92 Å². The van der Waals surface area contributed by atoms with Crippen LogP contribution in [0.5, 0.6) is 0 Å². The third-order valence-corrected chi connectivity index (χ3v) is 6.68. The van der Waals surface area contributed by atoms with Gasteiger partial charge < -0.3 is 0 Å². The molecule has 1 aliphatic carbocycles. The fraction of sp³-hybridized carbons (Fsp3) is 0.200. The Morgan fingerprint density at radius 1 is 1.28 bits per heavy atom. The number of nitro groups is 1. The first-order valence-electron chi connectivity index (χ1n) is 8.97. The average molecular weight is 422 g/mol. The van der Waals surface area contributed by atoms with Gasteiger partial charge >= 0.3 is 0 Å². The Kier molecular flexibility index (Phi) is 5.64. The number of nitriles is 1. The van der Waals surface area contributed by atoms with E-state index in [1.807, 2.05) is 0 Å². The summed E-state index contributed by atoms with van der Waals surface area (Å²) in [6.45, 7) is 0. The molecule has 29 heavy (non-hydrogen) atoms. The SMILES string of the molecule is N#Cc1c(N=Cc2ccc(Sc3ncccn3)c([N+](=O)[O-])c2)sc2c1CCCC2. The maximum absolute atomic E-state index is 11.5. The molecule has 0 fully saturated rings. The maximum Gasteiger partial charge on any atom is 0.283 e. The van der Waals surface area contributed by atoms with E-state index in [4.69, 9.17) is 0 Å². The summed E-state index contributed by atoms with van der Waals surface area (Å²) in [6, 6.07) is 8.89. The molecule has 2 heterocycles. The summed E-state index contributed by atoms with van der Waals surface area (Å²) < 4.78 is 0. The third kappa shape index (κ3) is 4.18. The number of benzene rings is 1. The number of rotatable bonds is 5. The molecular formula is C20H15N5O2S2. The monoisotopic (exact) mass is 421 g/mol. The van der Waals surface area contributed by atoms with Crippen LogP contribution < -0.4 is 0 Å². The summed E-state index contributed by atoms with van der Waals surface area (Å²) in [6.07, 6.45) is 8.91. The van der Waals surface area contributed by atoms with Gasteiger partial charge in [-0.25, -0.2) is 15.0 Å². The van der Waals surface area contributed by atoms with E-state index in [-0.39, 0.29) is 5.69 Å². The predicted molar refractivity (Wildman–Crippen MR) is 112 cm³/mol. The molecule has 2 aromatic heterocycles. The van der Waals surface area contributed by atoms with Gasteiger partial charge in [-0.05, 0) is 60.7 Å². The van der Waals surface area contributed by atoms with Gasteiger partial charge in [-0.1, -0.05) is 6.07 Å². The van der Waals surface area contributed by atoms with Gasteiger partial charge in [0.15, 0.2) is 5.16 Å². The summed E-state index contributed by atoms with van der Waals surface area (Å²) in [7, 11) is 0. The molecule has 0 saturated heterocycles. The molecule has 1 aliphatic rings. The summed E-state index contributed by atoms with van der Waals surface area (Å²) >= 11 is 2.69. The van der Waals surface area contributed by atoms with Gasteiger partial charge in [0.1, 0.15) is 11.1 Å². The van der Waals surface area contributed by atoms with Crippen molar-refractivity contribution in [2.75, 3.05) is 0 Å². The Bertz CT molecular complexity index is 1140. The second-order valence-electron chi connectivity index (χ2n) is 6.38. The average Bonchev–Trinajstić information content (AvgIpc) is 3.11. The number of nitro benzene ring substituents is 1. The fourth-order valence-electron chi connectivity index (χ4n) is 3.17. The van der Waals surface area contributed by atoms with Crippen molar-refractivity contribution < 1.29 is 4.92 Å². The van der Waals surface area contributed by atoms with Crippen molar-refractivity contribution in [1.29, 1.82) is 5.26 Å². The number of hydrogen-bond donors (Lipinski definition) is 0. The van der Waals surface area contributed by atoms with Crippen molar-refractivity contribution in [2.45, 2.75) is 35.7 Å². The van der Waals surface area contributed by atoms with Gasteiger partial charge in [0.2, 0.25) is 0 Å². The molecule has 9 heteroatoms. The highest BCUT2D eigenvalue weighted by molar-refractivity contribution is 7.99. The maximum atomic E-state index is 11.5. The Morgan fingerprint density at radius 3 is 2.83 bits per heavy atom. The predicted octanol–water partition coefficient (Wildman–Crippen LogP) is 5.10. The number of aromatic nitrogens is 2. The minimum Gasteiger partial charge on any atom is -0.258 e. The van der Waals surface area contributed by atoms with E-state index in [2.05, 4.69) is 21.0 Å². The molecule has 1 aromatic carbocycles. The van der Waals surface area contributed by atoms with Gasteiger partial charge in [0.05, 0.1) is 15.4 Å². The van der Waals surface area contributed by atoms with Crippen LogP contribution in [-0.2, 0) is 12.8 Å². The Morgan fingerprint density at radius 2 is 2.07 bits per heavy atom. The topological polar surface area (TPSA) is 105 Å². The zero-order chi connectivity index (χ0) is 20.2. The van der Waals surface area contributed by atoms with E-state index in [0.717, 1.165) is 43.0 Å². The van der Waals surface area contributed by atoms with Gasteiger partial charge in [0, 0.05) is 29.6 Å². The first-order chi connectivity index (χ1) is 14.2. The number of nitrogens with zero attached hydrogens (tertiary/aromatic N) is 5. The van der Waals surface area contributed by atoms with Gasteiger partial charge in [-0.15, -0.1) is 11.3 Å². The van der Waals surface area contributed by atoms with E-state index in [9.17, 15) is 15.4 Å². The highest BCUT2D eigenvalue weighted by Gasteiger charge is 2.20.